The van der Waals surface area contributed by atoms with Crippen molar-refractivity contribution in [3.63, 3.8) is 0 Å². The van der Waals surface area contributed by atoms with Crippen LogP contribution in [0.4, 0.5) is 0 Å². The molecule has 3 nitrogen and oxygen atoms in total. The number of para-hydroxylation sites is 2. The Labute approximate surface area is 110 Å². The van der Waals surface area contributed by atoms with E-state index >= 15 is 0 Å². The first-order valence-electron chi connectivity index (χ1n) is 6.46. The van der Waals surface area contributed by atoms with Crippen LogP contribution in [-0.2, 0) is 11.3 Å². The Balaban J connectivity index is 2.18. The third-order valence-corrected chi connectivity index (χ3v) is 3.67. The first-order chi connectivity index (χ1) is 9.34. The first kappa shape index (κ1) is 10.8. The average Bonchev–Trinajstić information content (AvgIpc) is 3.28. The topological polar surface area (TPSA) is 34.5 Å². The normalized spacial score (nSPS) is 18.0. The van der Waals surface area contributed by atoms with Crippen LogP contribution in [-0.4, -0.2) is 17.3 Å². The predicted octanol–water partition coefficient (Wildman–Crippen LogP) is 2.55. The second kappa shape index (κ2) is 3.93. The maximum atomic E-state index is 12.5. The van der Waals surface area contributed by atoms with Crippen molar-refractivity contribution in [2.24, 2.45) is 0 Å². The van der Waals surface area contributed by atoms with E-state index in [1.165, 1.54) is 0 Å². The molecule has 3 heteroatoms. The number of fused-ring (bicyclic) bond motifs is 2. The van der Waals surface area contributed by atoms with Gasteiger partial charge in [-0.15, -0.1) is 0 Å². The lowest BCUT2D eigenvalue weighted by molar-refractivity contribution is 0.387. The molecule has 0 saturated carbocycles. The fourth-order valence-corrected chi connectivity index (χ4v) is 2.65. The fourth-order valence-electron chi connectivity index (χ4n) is 2.65. The van der Waals surface area contributed by atoms with E-state index in [2.05, 4.69) is 4.57 Å². The summed E-state index contributed by atoms with van der Waals surface area (Å²) in [5, 5.41) is 1.56. The second-order valence-corrected chi connectivity index (χ2v) is 4.93. The van der Waals surface area contributed by atoms with E-state index in [1.807, 2.05) is 48.5 Å². The molecule has 0 spiro atoms. The third kappa shape index (κ3) is 1.66. The van der Waals surface area contributed by atoms with Crippen LogP contribution in [0.2, 0.25) is 0 Å². The zero-order valence-electron chi connectivity index (χ0n) is 10.4. The minimum Gasteiger partial charge on any atom is -0.371 e. The van der Waals surface area contributed by atoms with Crippen LogP contribution in [0, 0.1) is 0 Å². The van der Waals surface area contributed by atoms with Gasteiger partial charge in [0.1, 0.15) is 0 Å². The minimum absolute atomic E-state index is 0.110. The molecule has 19 heavy (non-hydrogen) atoms. The summed E-state index contributed by atoms with van der Waals surface area (Å²) in [6.45, 7) is 1.62. The summed E-state index contributed by atoms with van der Waals surface area (Å²) in [6.07, 6.45) is 0.286. The first-order valence-corrected chi connectivity index (χ1v) is 6.46. The molecule has 1 saturated heterocycles. The predicted molar refractivity (Wildman–Crippen MR) is 75.5 cm³/mol. The van der Waals surface area contributed by atoms with Gasteiger partial charge in [0.25, 0.3) is 0 Å². The molecule has 0 N–H and O–H groups in total. The number of rotatable bonds is 2. The Bertz CT molecular complexity index is 771. The molecule has 2 heterocycles. The highest BCUT2D eigenvalue weighted by molar-refractivity contribution is 5.93. The molecule has 0 amide bonds. The van der Waals surface area contributed by atoms with E-state index in [0.717, 1.165) is 35.0 Å². The quantitative estimate of drug-likeness (QED) is 0.518. The fraction of sp³-hybridized carbons (Fsp3) is 0.188. The lowest BCUT2D eigenvalue weighted by atomic mass is 10.1. The van der Waals surface area contributed by atoms with Crippen molar-refractivity contribution in [3.05, 3.63) is 58.8 Å². The van der Waals surface area contributed by atoms with Crippen molar-refractivity contribution in [2.45, 2.75) is 12.6 Å². The van der Waals surface area contributed by atoms with Crippen molar-refractivity contribution < 1.29 is 4.74 Å². The highest BCUT2D eigenvalue weighted by atomic mass is 16.6. The van der Waals surface area contributed by atoms with Crippen molar-refractivity contribution in [3.8, 4) is 0 Å². The number of hydrogen-bond donors (Lipinski definition) is 0. The zero-order valence-corrected chi connectivity index (χ0v) is 10.4. The lowest BCUT2D eigenvalue weighted by Gasteiger charge is -2.13. The van der Waals surface area contributed by atoms with Crippen LogP contribution in [0.15, 0.2) is 53.3 Å². The van der Waals surface area contributed by atoms with Gasteiger partial charge in [-0.05, 0) is 24.3 Å². The van der Waals surface area contributed by atoms with Crippen molar-refractivity contribution in [1.82, 2.24) is 4.57 Å². The van der Waals surface area contributed by atoms with E-state index < -0.39 is 0 Å². The maximum absolute atomic E-state index is 12.5. The monoisotopic (exact) mass is 251 g/mol. The summed E-state index contributed by atoms with van der Waals surface area (Å²) in [7, 11) is 0. The van der Waals surface area contributed by atoms with Gasteiger partial charge in [0.15, 0.2) is 5.43 Å². The Hall–Kier alpha value is -2.13. The SMILES string of the molecule is O=c1c2ccccc2n(CC2CO2)c2ccccc12. The molecule has 4 rings (SSSR count). The van der Waals surface area contributed by atoms with Gasteiger partial charge < -0.3 is 9.30 Å². The van der Waals surface area contributed by atoms with E-state index in [9.17, 15) is 4.79 Å². The van der Waals surface area contributed by atoms with Gasteiger partial charge in [-0.25, -0.2) is 0 Å². The highest BCUT2D eigenvalue weighted by Gasteiger charge is 2.24. The number of ether oxygens (including phenoxy) is 1. The summed E-state index contributed by atoms with van der Waals surface area (Å²) in [5.74, 6) is 0. The third-order valence-electron chi connectivity index (χ3n) is 3.67. The minimum atomic E-state index is 0.110. The molecule has 0 aliphatic carbocycles. The van der Waals surface area contributed by atoms with Gasteiger partial charge >= 0.3 is 0 Å². The van der Waals surface area contributed by atoms with E-state index in [4.69, 9.17) is 4.74 Å². The van der Waals surface area contributed by atoms with Gasteiger partial charge in [-0.1, -0.05) is 24.3 Å². The number of epoxide rings is 1. The summed E-state index contributed by atoms with van der Waals surface area (Å²) >= 11 is 0. The molecule has 0 bridgehead atoms. The summed E-state index contributed by atoms with van der Waals surface area (Å²) in [4.78, 5) is 12.5. The molecule has 1 aliphatic heterocycles. The summed E-state index contributed by atoms with van der Waals surface area (Å²) in [5.41, 5.74) is 2.09. The standard InChI is InChI=1S/C16H13NO2/c18-16-12-5-1-3-7-14(12)17(9-11-10-19-11)15-8-4-2-6-13(15)16/h1-8,11H,9-10H2. The Morgan fingerprint density at radius 2 is 1.53 bits per heavy atom. The molecule has 0 radical (unpaired) electrons. The van der Waals surface area contributed by atoms with Crippen LogP contribution < -0.4 is 5.43 Å². The van der Waals surface area contributed by atoms with Crippen LogP contribution in [0.5, 0.6) is 0 Å². The van der Waals surface area contributed by atoms with Gasteiger partial charge in [-0.2, -0.15) is 0 Å². The highest BCUT2D eigenvalue weighted by Crippen LogP contribution is 2.22. The molecule has 1 aliphatic rings. The molecule has 3 aromatic rings. The molecule has 1 fully saturated rings. The summed E-state index contributed by atoms with van der Waals surface area (Å²) < 4.78 is 7.54. The van der Waals surface area contributed by atoms with Gasteiger partial charge in [0, 0.05) is 10.8 Å². The van der Waals surface area contributed by atoms with Crippen molar-refractivity contribution in [2.75, 3.05) is 6.61 Å². The van der Waals surface area contributed by atoms with E-state index in [-0.39, 0.29) is 11.5 Å². The van der Waals surface area contributed by atoms with Crippen LogP contribution in [0.3, 0.4) is 0 Å². The molecule has 2 aromatic carbocycles. The van der Waals surface area contributed by atoms with E-state index in [1.54, 1.807) is 0 Å². The number of aromatic nitrogens is 1. The molecule has 1 aromatic heterocycles. The zero-order chi connectivity index (χ0) is 12.8. The lowest BCUT2D eigenvalue weighted by Crippen LogP contribution is -2.13. The van der Waals surface area contributed by atoms with Crippen molar-refractivity contribution >= 4 is 21.8 Å². The Kier molecular flexibility index (Phi) is 2.23. The van der Waals surface area contributed by atoms with Gasteiger partial charge in [0.05, 0.1) is 30.3 Å². The average molecular weight is 251 g/mol. The van der Waals surface area contributed by atoms with Gasteiger partial charge in [0.2, 0.25) is 0 Å². The smallest absolute Gasteiger partial charge is 0.197 e. The number of hydrogen-bond acceptors (Lipinski definition) is 2. The number of pyridine rings is 1. The molecular formula is C16H13NO2. The number of benzene rings is 2. The maximum Gasteiger partial charge on any atom is 0.197 e. The van der Waals surface area contributed by atoms with Crippen molar-refractivity contribution in [1.29, 1.82) is 0 Å². The Morgan fingerprint density at radius 1 is 1.00 bits per heavy atom. The molecular weight excluding hydrogens is 238 g/mol. The van der Waals surface area contributed by atoms with Crippen LogP contribution in [0.25, 0.3) is 21.8 Å². The van der Waals surface area contributed by atoms with Crippen LogP contribution in [0.1, 0.15) is 0 Å². The van der Waals surface area contributed by atoms with Gasteiger partial charge in [-0.3, -0.25) is 4.79 Å². The summed E-state index contributed by atoms with van der Waals surface area (Å²) in [6, 6.07) is 15.6. The number of nitrogens with zero attached hydrogens (tertiary/aromatic N) is 1. The second-order valence-electron chi connectivity index (χ2n) is 4.93. The molecule has 94 valence electrons. The van der Waals surface area contributed by atoms with Crippen LogP contribution >= 0.6 is 0 Å². The Morgan fingerprint density at radius 3 is 2.05 bits per heavy atom. The molecule has 1 atom stereocenters. The molecule has 1 unspecified atom stereocenters. The van der Waals surface area contributed by atoms with E-state index in [0.29, 0.717) is 0 Å². The largest absolute Gasteiger partial charge is 0.371 e.